The van der Waals surface area contributed by atoms with E-state index in [0.717, 1.165) is 10.0 Å². The molecule has 2 rings (SSSR count). The molecule has 6 heteroatoms. The second-order valence-corrected chi connectivity index (χ2v) is 5.63. The SMILES string of the molecule is C=CCOc1ccc(Br)cc1/C=N\NC(=O)c1ccc(OC)cc1. The standard InChI is InChI=1S/C18H17BrN2O3/c1-3-10-24-17-9-6-15(19)11-14(17)12-20-21-18(22)13-4-7-16(23-2)8-5-13/h3-9,11-12H,1,10H2,2H3,(H,21,22)/b20-12-. The number of nitrogens with one attached hydrogen (secondary N) is 1. The van der Waals surface area contributed by atoms with Gasteiger partial charge in [0.15, 0.2) is 0 Å². The number of rotatable bonds is 7. The Kier molecular flexibility index (Phi) is 6.57. The molecule has 0 fully saturated rings. The number of hydrogen-bond acceptors (Lipinski definition) is 4. The first-order valence-electron chi connectivity index (χ1n) is 7.14. The molecule has 0 unspecified atom stereocenters. The summed E-state index contributed by atoms with van der Waals surface area (Å²) in [6.45, 7) is 4.01. The molecular weight excluding hydrogens is 372 g/mol. The van der Waals surface area contributed by atoms with Crippen molar-refractivity contribution in [3.05, 3.63) is 70.7 Å². The lowest BCUT2D eigenvalue weighted by molar-refractivity contribution is 0.0955. The molecular formula is C18H17BrN2O3. The maximum atomic E-state index is 12.0. The van der Waals surface area contributed by atoms with Crippen molar-refractivity contribution in [3.8, 4) is 11.5 Å². The minimum atomic E-state index is -0.308. The minimum Gasteiger partial charge on any atom is -0.497 e. The van der Waals surface area contributed by atoms with E-state index in [9.17, 15) is 4.79 Å². The normalized spacial score (nSPS) is 10.4. The Morgan fingerprint density at radius 2 is 2.04 bits per heavy atom. The second kappa shape index (κ2) is 8.88. The van der Waals surface area contributed by atoms with Crippen LogP contribution < -0.4 is 14.9 Å². The van der Waals surface area contributed by atoms with Crippen LogP contribution >= 0.6 is 15.9 Å². The quantitative estimate of drug-likeness (QED) is 0.445. The molecule has 0 radical (unpaired) electrons. The van der Waals surface area contributed by atoms with Gasteiger partial charge in [-0.3, -0.25) is 4.79 Å². The zero-order valence-corrected chi connectivity index (χ0v) is 14.7. The fraction of sp³-hybridized carbons (Fsp3) is 0.111. The van der Waals surface area contributed by atoms with E-state index in [0.29, 0.717) is 23.7 Å². The fourth-order valence-electron chi connectivity index (χ4n) is 1.87. The number of methoxy groups -OCH3 is 1. The summed E-state index contributed by atoms with van der Waals surface area (Å²) in [5.41, 5.74) is 3.71. The van der Waals surface area contributed by atoms with Crippen LogP contribution in [0.25, 0.3) is 0 Å². The molecule has 5 nitrogen and oxygen atoms in total. The van der Waals surface area contributed by atoms with Crippen LogP contribution in [0.1, 0.15) is 15.9 Å². The average molecular weight is 389 g/mol. The summed E-state index contributed by atoms with van der Waals surface area (Å²) in [6, 6.07) is 12.3. The van der Waals surface area contributed by atoms with Crippen LogP contribution in [0.4, 0.5) is 0 Å². The van der Waals surface area contributed by atoms with Crippen LogP contribution in [0.5, 0.6) is 11.5 Å². The first-order chi connectivity index (χ1) is 11.6. The zero-order valence-electron chi connectivity index (χ0n) is 13.2. The van der Waals surface area contributed by atoms with Crippen LogP contribution in [0.2, 0.25) is 0 Å². The van der Waals surface area contributed by atoms with Gasteiger partial charge in [-0.15, -0.1) is 0 Å². The summed E-state index contributed by atoms with van der Waals surface area (Å²) < 4.78 is 11.5. The second-order valence-electron chi connectivity index (χ2n) is 4.71. The van der Waals surface area contributed by atoms with Crippen molar-refractivity contribution in [2.24, 2.45) is 5.10 Å². The van der Waals surface area contributed by atoms with E-state index in [4.69, 9.17) is 9.47 Å². The molecule has 0 bridgehead atoms. The van der Waals surface area contributed by atoms with Gasteiger partial charge in [0.1, 0.15) is 18.1 Å². The van der Waals surface area contributed by atoms with Gasteiger partial charge in [0, 0.05) is 15.6 Å². The third-order valence-corrected chi connectivity index (χ3v) is 3.54. The predicted octanol–water partition coefficient (Wildman–Crippen LogP) is 3.79. The van der Waals surface area contributed by atoms with Crippen LogP contribution in [0, 0.1) is 0 Å². The molecule has 24 heavy (non-hydrogen) atoms. The molecule has 0 aliphatic heterocycles. The van der Waals surface area contributed by atoms with Crippen molar-refractivity contribution < 1.29 is 14.3 Å². The maximum absolute atomic E-state index is 12.0. The number of amides is 1. The monoisotopic (exact) mass is 388 g/mol. The van der Waals surface area contributed by atoms with E-state index < -0.39 is 0 Å². The van der Waals surface area contributed by atoms with Crippen molar-refractivity contribution >= 4 is 28.1 Å². The van der Waals surface area contributed by atoms with Gasteiger partial charge in [0.25, 0.3) is 5.91 Å². The van der Waals surface area contributed by atoms with E-state index >= 15 is 0 Å². The molecule has 0 aromatic heterocycles. The van der Waals surface area contributed by atoms with Gasteiger partial charge >= 0.3 is 0 Å². The van der Waals surface area contributed by atoms with Gasteiger partial charge in [0.2, 0.25) is 0 Å². The summed E-state index contributed by atoms with van der Waals surface area (Å²) in [4.78, 5) is 12.0. The molecule has 124 valence electrons. The number of carbonyl (C=O) groups excluding carboxylic acids is 1. The van der Waals surface area contributed by atoms with Crippen molar-refractivity contribution in [1.82, 2.24) is 5.43 Å². The molecule has 2 aromatic rings. The number of halogens is 1. The Morgan fingerprint density at radius 1 is 1.29 bits per heavy atom. The molecule has 0 atom stereocenters. The third-order valence-electron chi connectivity index (χ3n) is 3.05. The lowest BCUT2D eigenvalue weighted by Crippen LogP contribution is -2.17. The number of hydrogen-bond donors (Lipinski definition) is 1. The Bertz CT molecular complexity index is 742. The first-order valence-corrected chi connectivity index (χ1v) is 7.94. The molecule has 0 saturated carbocycles. The number of nitrogens with zero attached hydrogens (tertiary/aromatic N) is 1. The lowest BCUT2D eigenvalue weighted by Gasteiger charge is -2.07. The van der Waals surface area contributed by atoms with E-state index in [1.165, 1.54) is 6.21 Å². The van der Waals surface area contributed by atoms with E-state index in [1.807, 2.05) is 18.2 Å². The van der Waals surface area contributed by atoms with E-state index in [1.54, 1.807) is 37.5 Å². The average Bonchev–Trinajstić information content (AvgIpc) is 2.61. The maximum Gasteiger partial charge on any atom is 0.271 e. The van der Waals surface area contributed by atoms with Crippen molar-refractivity contribution in [2.75, 3.05) is 13.7 Å². The topological polar surface area (TPSA) is 59.9 Å². The fourth-order valence-corrected chi connectivity index (χ4v) is 2.25. The summed E-state index contributed by atoms with van der Waals surface area (Å²) in [5, 5.41) is 3.99. The van der Waals surface area contributed by atoms with E-state index in [-0.39, 0.29) is 5.91 Å². The molecule has 0 heterocycles. The van der Waals surface area contributed by atoms with Crippen molar-refractivity contribution in [1.29, 1.82) is 0 Å². The lowest BCUT2D eigenvalue weighted by atomic mass is 10.2. The number of carbonyl (C=O) groups is 1. The highest BCUT2D eigenvalue weighted by Gasteiger charge is 2.05. The molecule has 0 spiro atoms. The smallest absolute Gasteiger partial charge is 0.271 e. The molecule has 0 saturated heterocycles. The van der Waals surface area contributed by atoms with Crippen LogP contribution in [0.15, 0.2) is 64.7 Å². The van der Waals surface area contributed by atoms with Crippen LogP contribution in [0.3, 0.4) is 0 Å². The number of ether oxygens (including phenoxy) is 2. The van der Waals surface area contributed by atoms with Crippen LogP contribution in [-0.2, 0) is 0 Å². The molecule has 1 N–H and O–H groups in total. The Balaban J connectivity index is 2.05. The Hall–Kier alpha value is -2.60. The number of hydrazone groups is 1. The molecule has 0 aliphatic carbocycles. The molecule has 2 aromatic carbocycles. The van der Waals surface area contributed by atoms with Gasteiger partial charge in [-0.25, -0.2) is 5.43 Å². The summed E-state index contributed by atoms with van der Waals surface area (Å²) in [6.07, 6.45) is 3.19. The van der Waals surface area contributed by atoms with Gasteiger partial charge in [-0.2, -0.15) is 5.10 Å². The first kappa shape index (κ1) is 17.7. The molecule has 1 amide bonds. The van der Waals surface area contributed by atoms with Gasteiger partial charge < -0.3 is 9.47 Å². The van der Waals surface area contributed by atoms with Gasteiger partial charge in [-0.05, 0) is 42.5 Å². The number of benzene rings is 2. The molecule has 0 aliphatic rings. The Morgan fingerprint density at radius 3 is 2.71 bits per heavy atom. The van der Waals surface area contributed by atoms with Crippen molar-refractivity contribution in [2.45, 2.75) is 0 Å². The highest BCUT2D eigenvalue weighted by molar-refractivity contribution is 9.10. The van der Waals surface area contributed by atoms with Gasteiger partial charge in [0.05, 0.1) is 13.3 Å². The summed E-state index contributed by atoms with van der Waals surface area (Å²) in [7, 11) is 1.57. The Labute approximate surface area is 149 Å². The summed E-state index contributed by atoms with van der Waals surface area (Å²) in [5.74, 6) is 1.03. The third kappa shape index (κ3) is 4.96. The minimum absolute atomic E-state index is 0.308. The summed E-state index contributed by atoms with van der Waals surface area (Å²) >= 11 is 3.40. The van der Waals surface area contributed by atoms with Crippen LogP contribution in [-0.4, -0.2) is 25.8 Å². The van der Waals surface area contributed by atoms with Gasteiger partial charge in [-0.1, -0.05) is 28.6 Å². The largest absolute Gasteiger partial charge is 0.497 e. The predicted molar refractivity (Wildman–Crippen MR) is 97.9 cm³/mol. The zero-order chi connectivity index (χ0) is 17.4. The van der Waals surface area contributed by atoms with E-state index in [2.05, 4.69) is 33.0 Å². The highest BCUT2D eigenvalue weighted by atomic mass is 79.9. The van der Waals surface area contributed by atoms with Crippen molar-refractivity contribution in [3.63, 3.8) is 0 Å². The highest BCUT2D eigenvalue weighted by Crippen LogP contribution is 2.21.